The van der Waals surface area contributed by atoms with Gasteiger partial charge in [-0.25, -0.2) is 4.79 Å². The highest BCUT2D eigenvalue weighted by molar-refractivity contribution is 5.69. The van der Waals surface area contributed by atoms with Gasteiger partial charge < -0.3 is 33.3 Å². The monoisotopic (exact) mass is 864 g/mol. The number of esters is 2. The fourth-order valence-electron chi connectivity index (χ4n) is 7.26. The van der Waals surface area contributed by atoms with Crippen LogP contribution in [0.1, 0.15) is 213 Å². The minimum atomic E-state index is -0.762. The zero-order valence-electron chi connectivity index (χ0n) is 39.7. The van der Waals surface area contributed by atoms with Crippen molar-refractivity contribution in [3.8, 4) is 0 Å². The molecule has 1 saturated heterocycles. The predicted molar refractivity (Wildman–Crippen MR) is 249 cm³/mol. The lowest BCUT2D eigenvalue weighted by Gasteiger charge is -2.20. The molecular weight excluding hydrogens is 771 g/mol. The highest BCUT2D eigenvalue weighted by atomic mass is 16.7. The van der Waals surface area contributed by atoms with Crippen LogP contribution in [0, 0.1) is 5.92 Å². The number of likely N-dealkylation sites (tertiary alicyclic amines) is 1. The Kier molecular flexibility index (Phi) is 41.0. The number of ether oxygens (including phenoxy) is 6. The summed E-state index contributed by atoms with van der Waals surface area (Å²) >= 11 is 0. The van der Waals surface area contributed by atoms with Gasteiger partial charge in [0.15, 0.2) is 6.29 Å². The molecule has 0 aliphatic carbocycles. The van der Waals surface area contributed by atoms with Gasteiger partial charge in [0.25, 0.3) is 0 Å². The Hall–Kier alpha value is -2.43. The van der Waals surface area contributed by atoms with E-state index in [4.69, 9.17) is 28.4 Å². The number of carbonyl (C=O) groups excluding carboxylic acids is 3. The molecule has 0 spiro atoms. The van der Waals surface area contributed by atoms with Gasteiger partial charge in [-0.05, 0) is 96.7 Å². The second-order valence-corrected chi connectivity index (χ2v) is 17.1. The van der Waals surface area contributed by atoms with Gasteiger partial charge in [-0.3, -0.25) is 9.59 Å². The molecule has 1 heterocycles. The van der Waals surface area contributed by atoms with Crippen LogP contribution in [0.5, 0.6) is 0 Å². The van der Waals surface area contributed by atoms with Crippen LogP contribution in [0.3, 0.4) is 0 Å². The van der Waals surface area contributed by atoms with Gasteiger partial charge in [0.05, 0.1) is 18.9 Å². The zero-order chi connectivity index (χ0) is 44.1. The van der Waals surface area contributed by atoms with E-state index in [2.05, 4.69) is 50.0 Å². The third-order valence-corrected chi connectivity index (χ3v) is 11.2. The lowest BCUT2D eigenvalue weighted by Crippen LogP contribution is -2.27. The summed E-state index contributed by atoms with van der Waals surface area (Å²) in [6.45, 7) is 11.4. The van der Waals surface area contributed by atoms with Crippen molar-refractivity contribution in [1.29, 1.82) is 0 Å². The van der Waals surface area contributed by atoms with E-state index < -0.39 is 24.3 Å². The molecule has 1 aliphatic rings. The summed E-state index contributed by atoms with van der Waals surface area (Å²) in [5.41, 5.74) is 0. The van der Waals surface area contributed by atoms with Crippen LogP contribution >= 0.6 is 0 Å². The minimum Gasteiger partial charge on any atom is -0.465 e. The molecule has 0 amide bonds. The summed E-state index contributed by atoms with van der Waals surface area (Å²) in [6, 6.07) is 0. The fraction of sp³-hybridized carbons (Fsp3) is 0.863. The van der Waals surface area contributed by atoms with Crippen molar-refractivity contribution in [1.82, 2.24) is 4.90 Å². The number of unbranched alkanes of at least 4 members (excludes halogenated alkanes) is 19. The quantitative estimate of drug-likeness (QED) is 0.0193. The van der Waals surface area contributed by atoms with E-state index in [-0.39, 0.29) is 38.8 Å². The Bertz CT molecular complexity index is 1040. The number of nitrogens with zero attached hydrogens (tertiary/aromatic N) is 1. The van der Waals surface area contributed by atoms with Crippen molar-refractivity contribution in [3.05, 3.63) is 24.3 Å². The van der Waals surface area contributed by atoms with Crippen molar-refractivity contribution < 1.29 is 42.8 Å². The first-order valence-corrected chi connectivity index (χ1v) is 25.3. The molecule has 0 bridgehead atoms. The van der Waals surface area contributed by atoms with E-state index >= 15 is 0 Å². The van der Waals surface area contributed by atoms with Crippen LogP contribution in [0.15, 0.2) is 24.3 Å². The Morgan fingerprint density at radius 1 is 0.492 bits per heavy atom. The van der Waals surface area contributed by atoms with E-state index in [1.165, 1.54) is 89.9 Å². The molecule has 10 heteroatoms. The number of allylic oxidation sites excluding steroid dienone is 4. The highest BCUT2D eigenvalue weighted by Crippen LogP contribution is 2.14. The summed E-state index contributed by atoms with van der Waals surface area (Å²) in [5, 5.41) is 0. The molecule has 1 unspecified atom stereocenters. The first-order valence-electron chi connectivity index (χ1n) is 25.3. The van der Waals surface area contributed by atoms with Crippen molar-refractivity contribution in [2.45, 2.75) is 220 Å². The zero-order valence-corrected chi connectivity index (χ0v) is 39.7. The number of hydrogen-bond donors (Lipinski definition) is 0. The van der Waals surface area contributed by atoms with E-state index in [9.17, 15) is 14.4 Å². The third-order valence-electron chi connectivity index (χ3n) is 11.2. The van der Waals surface area contributed by atoms with Gasteiger partial charge in [-0.1, -0.05) is 141 Å². The van der Waals surface area contributed by atoms with Gasteiger partial charge in [0, 0.05) is 26.1 Å². The third kappa shape index (κ3) is 38.9. The van der Waals surface area contributed by atoms with E-state index in [1.54, 1.807) is 0 Å². The number of rotatable bonds is 44. The molecule has 1 atom stereocenters. The Balaban J connectivity index is 2.50. The standard InChI is InChI=1S/C51H93NO9/c1-4-7-10-13-16-17-18-19-20-21-22-23-24-25-28-35-48(53)59-44-47(46-61-51(55)58-43-34-31-40-52-38-29-30-39-52)45-60-49(54)36-37-50(56-41-32-26-14-11-8-5-2)57-42-33-27-15-12-9-6-3/h16-17,19-20,47,50H,4-15,18,21-46H2,1-3H3/b17-16-,20-19-. The van der Waals surface area contributed by atoms with E-state index in [0.29, 0.717) is 26.1 Å². The van der Waals surface area contributed by atoms with Gasteiger partial charge in [0.1, 0.15) is 19.8 Å². The van der Waals surface area contributed by atoms with Crippen molar-refractivity contribution >= 4 is 18.1 Å². The van der Waals surface area contributed by atoms with Gasteiger partial charge in [0.2, 0.25) is 0 Å². The minimum absolute atomic E-state index is 0.0130. The average molecular weight is 864 g/mol. The summed E-state index contributed by atoms with van der Waals surface area (Å²) < 4.78 is 34.2. The molecule has 0 aromatic carbocycles. The molecule has 0 radical (unpaired) electrons. The van der Waals surface area contributed by atoms with Crippen LogP contribution in [0.4, 0.5) is 4.79 Å². The van der Waals surface area contributed by atoms with Crippen molar-refractivity contribution in [2.75, 3.05) is 59.3 Å². The first-order chi connectivity index (χ1) is 30.0. The predicted octanol–water partition coefficient (Wildman–Crippen LogP) is 13.4. The van der Waals surface area contributed by atoms with Gasteiger partial charge in [-0.15, -0.1) is 0 Å². The van der Waals surface area contributed by atoms with E-state index in [0.717, 1.165) is 103 Å². The molecule has 356 valence electrons. The smallest absolute Gasteiger partial charge is 0.465 e. The molecule has 1 fully saturated rings. The molecule has 1 rings (SSSR count). The molecule has 61 heavy (non-hydrogen) atoms. The molecule has 1 aliphatic heterocycles. The number of carbonyl (C=O) groups is 3. The molecule has 0 N–H and O–H groups in total. The summed E-state index contributed by atoms with van der Waals surface area (Å²) in [6.07, 6.45) is 39.3. The lowest BCUT2D eigenvalue weighted by atomic mass is 10.1. The van der Waals surface area contributed by atoms with Crippen molar-refractivity contribution in [2.24, 2.45) is 5.92 Å². The molecule has 0 aromatic rings. The Morgan fingerprint density at radius 2 is 0.967 bits per heavy atom. The SMILES string of the molecule is CCCCC/C=C\C/C=C\CCCCCCCC(=O)OCC(COC(=O)CCC(OCCCCCCCC)OCCCCCCCC)COC(=O)OCCCCN1CCCC1. The first kappa shape index (κ1) is 56.6. The second kappa shape index (κ2) is 44.2. The average Bonchev–Trinajstić information content (AvgIpc) is 3.79. The van der Waals surface area contributed by atoms with Crippen molar-refractivity contribution in [3.63, 3.8) is 0 Å². The van der Waals surface area contributed by atoms with Gasteiger partial charge in [-0.2, -0.15) is 0 Å². The summed E-state index contributed by atoms with van der Waals surface area (Å²) in [5.74, 6) is -1.20. The molecule has 0 aromatic heterocycles. The second-order valence-electron chi connectivity index (χ2n) is 17.1. The van der Waals surface area contributed by atoms with Crippen LogP contribution in [-0.4, -0.2) is 88.6 Å². The highest BCUT2D eigenvalue weighted by Gasteiger charge is 2.20. The topological polar surface area (TPSA) is 110 Å². The fourth-order valence-corrected chi connectivity index (χ4v) is 7.26. The van der Waals surface area contributed by atoms with Crippen LogP contribution in [-0.2, 0) is 38.0 Å². The maximum atomic E-state index is 13.0. The lowest BCUT2D eigenvalue weighted by molar-refractivity contribution is -0.161. The van der Waals surface area contributed by atoms with E-state index in [1.807, 2.05) is 0 Å². The molecule has 0 saturated carbocycles. The summed E-state index contributed by atoms with van der Waals surface area (Å²) in [4.78, 5) is 40.5. The molecular formula is C51H93NO9. The molecule has 10 nitrogen and oxygen atoms in total. The maximum Gasteiger partial charge on any atom is 0.508 e. The summed E-state index contributed by atoms with van der Waals surface area (Å²) in [7, 11) is 0. The number of hydrogen-bond acceptors (Lipinski definition) is 10. The van der Waals surface area contributed by atoms with Crippen LogP contribution in [0.2, 0.25) is 0 Å². The van der Waals surface area contributed by atoms with Gasteiger partial charge >= 0.3 is 18.1 Å². The normalized spacial score (nSPS) is 13.8. The van der Waals surface area contributed by atoms with Crippen LogP contribution < -0.4 is 0 Å². The van der Waals surface area contributed by atoms with Crippen LogP contribution in [0.25, 0.3) is 0 Å². The Labute approximate surface area is 374 Å². The largest absolute Gasteiger partial charge is 0.508 e. The maximum absolute atomic E-state index is 13.0. The Morgan fingerprint density at radius 3 is 1.57 bits per heavy atom.